The van der Waals surface area contributed by atoms with Gasteiger partial charge >= 0.3 is 0 Å². The minimum atomic E-state index is -0.427. The molecular weight excluding hydrogens is 240 g/mol. The smallest absolute Gasteiger partial charge is 0.189 e. The summed E-state index contributed by atoms with van der Waals surface area (Å²) >= 11 is 0. The summed E-state index contributed by atoms with van der Waals surface area (Å²) in [5.74, 6) is -0.0762. The van der Waals surface area contributed by atoms with E-state index in [0.717, 1.165) is 23.8 Å². The van der Waals surface area contributed by atoms with E-state index in [1.807, 2.05) is 26.8 Å². The third-order valence-electron chi connectivity index (χ3n) is 3.07. The summed E-state index contributed by atoms with van der Waals surface area (Å²) in [4.78, 5) is 14.2. The Morgan fingerprint density at radius 2 is 1.79 bits per heavy atom. The first kappa shape index (κ1) is 15.5. The topological polar surface area (TPSA) is 43.8 Å². The van der Waals surface area contributed by atoms with Gasteiger partial charge in [0.2, 0.25) is 0 Å². The standard InChI is InChI=1S/C15H24N2O2/c1-6-16(7-2)13-9-8-12(14(18)10-13)11-17(19)15(3,4)5/h8-11,19H,6-7H2,1-5H3. The predicted molar refractivity (Wildman–Crippen MR) is 76.6 cm³/mol. The highest BCUT2D eigenvalue weighted by atomic mass is 16.5. The summed E-state index contributed by atoms with van der Waals surface area (Å²) in [6, 6.07) is 0. The molecule has 0 aromatic heterocycles. The van der Waals surface area contributed by atoms with Gasteiger partial charge in [-0.3, -0.25) is 15.1 Å². The molecule has 19 heavy (non-hydrogen) atoms. The minimum absolute atomic E-state index is 0.0762. The highest BCUT2D eigenvalue weighted by molar-refractivity contribution is 6.07. The van der Waals surface area contributed by atoms with Crippen LogP contribution in [0.2, 0.25) is 0 Å². The fraction of sp³-hybridized carbons (Fsp3) is 0.533. The van der Waals surface area contributed by atoms with Crippen molar-refractivity contribution >= 4 is 5.78 Å². The number of hydrogen-bond acceptors (Lipinski definition) is 4. The van der Waals surface area contributed by atoms with Crippen molar-refractivity contribution in [1.29, 1.82) is 0 Å². The quantitative estimate of drug-likeness (QED) is 0.626. The van der Waals surface area contributed by atoms with Crippen LogP contribution in [0.1, 0.15) is 34.6 Å². The van der Waals surface area contributed by atoms with Crippen molar-refractivity contribution in [3.05, 3.63) is 35.7 Å². The maximum absolute atomic E-state index is 12.0. The van der Waals surface area contributed by atoms with E-state index in [2.05, 4.69) is 18.7 Å². The fourth-order valence-corrected chi connectivity index (χ4v) is 1.74. The molecule has 0 fully saturated rings. The highest BCUT2D eigenvalue weighted by Crippen LogP contribution is 2.18. The van der Waals surface area contributed by atoms with Crippen LogP contribution < -0.4 is 0 Å². The molecular formula is C15H24N2O2. The lowest BCUT2D eigenvalue weighted by molar-refractivity contribution is -0.116. The van der Waals surface area contributed by atoms with Crippen molar-refractivity contribution in [1.82, 2.24) is 9.96 Å². The lowest BCUT2D eigenvalue weighted by Gasteiger charge is -2.29. The van der Waals surface area contributed by atoms with Crippen LogP contribution in [0.5, 0.6) is 0 Å². The summed E-state index contributed by atoms with van der Waals surface area (Å²) in [7, 11) is 0. The molecule has 0 aromatic rings. The number of nitrogens with zero attached hydrogens (tertiary/aromatic N) is 2. The third kappa shape index (κ3) is 3.96. The van der Waals surface area contributed by atoms with Crippen molar-refractivity contribution < 1.29 is 10.0 Å². The van der Waals surface area contributed by atoms with Crippen LogP contribution in [-0.4, -0.2) is 39.6 Å². The molecule has 0 saturated heterocycles. The molecule has 0 unspecified atom stereocenters. The maximum atomic E-state index is 12.0. The minimum Gasteiger partial charge on any atom is -0.372 e. The van der Waals surface area contributed by atoms with E-state index in [1.54, 1.807) is 12.2 Å². The SMILES string of the molecule is CCN(CC)C1=CC(=O)C(=CN(O)C(C)(C)C)C=C1. The van der Waals surface area contributed by atoms with Crippen molar-refractivity contribution in [3.8, 4) is 0 Å². The Hall–Kier alpha value is -1.55. The van der Waals surface area contributed by atoms with E-state index in [1.165, 1.54) is 6.20 Å². The van der Waals surface area contributed by atoms with Crippen LogP contribution in [0.25, 0.3) is 0 Å². The molecule has 0 aliphatic heterocycles. The molecule has 0 heterocycles. The molecule has 0 atom stereocenters. The van der Waals surface area contributed by atoms with Crippen LogP contribution in [0.4, 0.5) is 0 Å². The maximum Gasteiger partial charge on any atom is 0.189 e. The molecule has 0 amide bonds. The second-order valence-electron chi connectivity index (χ2n) is 5.54. The zero-order chi connectivity index (χ0) is 14.6. The zero-order valence-electron chi connectivity index (χ0n) is 12.5. The van der Waals surface area contributed by atoms with Gasteiger partial charge in [0.25, 0.3) is 0 Å². The van der Waals surface area contributed by atoms with Gasteiger partial charge in [-0.15, -0.1) is 0 Å². The molecule has 106 valence electrons. The van der Waals surface area contributed by atoms with Crippen LogP contribution in [0, 0.1) is 0 Å². The monoisotopic (exact) mass is 264 g/mol. The molecule has 4 heteroatoms. The molecule has 0 radical (unpaired) electrons. The molecule has 1 N–H and O–H groups in total. The Balaban J connectivity index is 2.89. The summed E-state index contributed by atoms with van der Waals surface area (Å²) in [5.41, 5.74) is 0.991. The van der Waals surface area contributed by atoms with E-state index in [9.17, 15) is 10.0 Å². The molecule has 1 rings (SSSR count). The fourth-order valence-electron chi connectivity index (χ4n) is 1.74. The largest absolute Gasteiger partial charge is 0.372 e. The van der Waals surface area contributed by atoms with Crippen LogP contribution in [0.3, 0.4) is 0 Å². The van der Waals surface area contributed by atoms with E-state index < -0.39 is 5.54 Å². The van der Waals surface area contributed by atoms with Gasteiger partial charge in [0, 0.05) is 36.6 Å². The summed E-state index contributed by atoms with van der Waals surface area (Å²) in [6.07, 6.45) is 6.77. The second-order valence-corrected chi connectivity index (χ2v) is 5.54. The van der Waals surface area contributed by atoms with E-state index in [4.69, 9.17) is 0 Å². The Kier molecular flexibility index (Phi) is 4.95. The Labute approximate surface area is 115 Å². The van der Waals surface area contributed by atoms with Gasteiger partial charge in [-0.2, -0.15) is 0 Å². The molecule has 0 aromatic carbocycles. The van der Waals surface area contributed by atoms with Crippen molar-refractivity contribution in [2.45, 2.75) is 40.2 Å². The van der Waals surface area contributed by atoms with E-state index in [-0.39, 0.29) is 5.78 Å². The lowest BCUT2D eigenvalue weighted by Crippen LogP contribution is -2.35. The van der Waals surface area contributed by atoms with E-state index in [0.29, 0.717) is 5.57 Å². The average Bonchev–Trinajstić information content (AvgIpc) is 2.32. The first-order valence-corrected chi connectivity index (χ1v) is 6.68. The number of allylic oxidation sites excluding steroid dienone is 4. The van der Waals surface area contributed by atoms with Gasteiger partial charge in [0.1, 0.15) is 0 Å². The normalized spacial score (nSPS) is 17.7. The zero-order valence-corrected chi connectivity index (χ0v) is 12.5. The number of hydroxylamine groups is 2. The molecule has 0 saturated carbocycles. The number of likely N-dealkylation sites (N-methyl/N-ethyl adjacent to an activating group) is 1. The third-order valence-corrected chi connectivity index (χ3v) is 3.07. The highest BCUT2D eigenvalue weighted by Gasteiger charge is 2.19. The molecule has 0 bridgehead atoms. The molecule has 1 aliphatic carbocycles. The Bertz CT molecular complexity index is 424. The first-order chi connectivity index (χ1) is 8.79. The van der Waals surface area contributed by atoms with Crippen molar-refractivity contribution in [3.63, 3.8) is 0 Å². The molecule has 4 nitrogen and oxygen atoms in total. The summed E-state index contributed by atoms with van der Waals surface area (Å²) in [6.45, 7) is 11.5. The Morgan fingerprint density at radius 1 is 1.21 bits per heavy atom. The first-order valence-electron chi connectivity index (χ1n) is 6.68. The summed E-state index contributed by atoms with van der Waals surface area (Å²) in [5, 5.41) is 10.9. The van der Waals surface area contributed by atoms with Crippen LogP contribution in [-0.2, 0) is 4.79 Å². The lowest BCUT2D eigenvalue weighted by atomic mass is 10.0. The second kappa shape index (κ2) is 6.06. The number of hydrogen-bond donors (Lipinski definition) is 1. The average molecular weight is 264 g/mol. The number of rotatable bonds is 4. The number of ketones is 1. The molecule has 0 spiro atoms. The molecule has 1 aliphatic rings. The van der Waals surface area contributed by atoms with Crippen LogP contribution >= 0.6 is 0 Å². The Morgan fingerprint density at radius 3 is 2.21 bits per heavy atom. The number of carbonyl (C=O) groups excluding carboxylic acids is 1. The van der Waals surface area contributed by atoms with E-state index >= 15 is 0 Å². The predicted octanol–water partition coefficient (Wildman–Crippen LogP) is 2.72. The van der Waals surface area contributed by atoms with Gasteiger partial charge in [0.15, 0.2) is 5.78 Å². The van der Waals surface area contributed by atoms with Crippen molar-refractivity contribution in [2.75, 3.05) is 13.1 Å². The van der Waals surface area contributed by atoms with Crippen molar-refractivity contribution in [2.24, 2.45) is 0 Å². The van der Waals surface area contributed by atoms with Crippen LogP contribution in [0.15, 0.2) is 35.7 Å². The summed E-state index contributed by atoms with van der Waals surface area (Å²) < 4.78 is 0. The number of carbonyl (C=O) groups is 1. The van der Waals surface area contributed by atoms with Gasteiger partial charge in [0.05, 0.1) is 5.54 Å². The van der Waals surface area contributed by atoms with Gasteiger partial charge < -0.3 is 4.90 Å². The van der Waals surface area contributed by atoms with Gasteiger partial charge in [-0.25, -0.2) is 0 Å². The van der Waals surface area contributed by atoms with Gasteiger partial charge in [-0.05, 0) is 46.8 Å². The van der Waals surface area contributed by atoms with Gasteiger partial charge in [-0.1, -0.05) is 0 Å².